The summed E-state index contributed by atoms with van der Waals surface area (Å²) < 4.78 is 7.25. The highest BCUT2D eigenvalue weighted by atomic mass is 32.2. The van der Waals surface area contributed by atoms with E-state index in [0.717, 1.165) is 20.0 Å². The molecule has 1 heterocycles. The summed E-state index contributed by atoms with van der Waals surface area (Å²) in [7, 11) is 1.25. The van der Waals surface area contributed by atoms with Gasteiger partial charge in [0.25, 0.3) is 0 Å². The molecule has 4 heteroatoms. The molecule has 4 rings (SSSR count). The number of ketones is 1. The zero-order valence-electron chi connectivity index (χ0n) is 14.5. The Kier molecular flexibility index (Phi) is 4.05. The molecule has 0 aliphatic heterocycles. The molecule has 0 radical (unpaired) electrons. The summed E-state index contributed by atoms with van der Waals surface area (Å²) in [6.07, 6.45) is 0. The highest BCUT2D eigenvalue weighted by Crippen LogP contribution is 2.43. The van der Waals surface area contributed by atoms with Gasteiger partial charge in [-0.25, -0.2) is 0 Å². The fraction of sp³-hybridized carbons (Fsp3) is 0.0909. The lowest BCUT2D eigenvalue weighted by molar-refractivity contribution is 0.101. The molecule has 3 nitrogen and oxygen atoms in total. The Morgan fingerprint density at radius 3 is 2.27 bits per heavy atom. The largest absolute Gasteiger partial charge is 0.497 e. The monoisotopic (exact) mass is 361 g/mol. The molecule has 1 aromatic heterocycles. The number of rotatable bonds is 3. The van der Waals surface area contributed by atoms with Crippen molar-refractivity contribution in [1.82, 2.24) is 0 Å². The first-order chi connectivity index (χ1) is 12.6. The van der Waals surface area contributed by atoms with Crippen molar-refractivity contribution in [3.8, 4) is 10.6 Å². The van der Waals surface area contributed by atoms with E-state index in [0.29, 0.717) is 16.3 Å². The maximum atomic E-state index is 13.0. The van der Waals surface area contributed by atoms with Crippen LogP contribution in [0.2, 0.25) is 0 Å². The molecule has 3 aromatic carbocycles. The van der Waals surface area contributed by atoms with Crippen molar-refractivity contribution in [3.05, 3.63) is 82.5 Å². The SMILES string of the molecule is COc1ccc(-[s+]2c3ccccc3c(=O)c3cc(C(C)=O)ccc32)cc1. The van der Waals surface area contributed by atoms with E-state index in [1.54, 1.807) is 13.2 Å². The minimum absolute atomic E-state index is 0.0176. The lowest BCUT2D eigenvalue weighted by Gasteiger charge is -2.05. The first kappa shape index (κ1) is 16.5. The molecule has 0 saturated carbocycles. The summed E-state index contributed by atoms with van der Waals surface area (Å²) in [4.78, 5) is 25.9. The fourth-order valence-electron chi connectivity index (χ4n) is 3.17. The molecule has 0 saturated heterocycles. The zero-order chi connectivity index (χ0) is 18.3. The van der Waals surface area contributed by atoms with E-state index >= 15 is 0 Å². The van der Waals surface area contributed by atoms with Crippen molar-refractivity contribution in [1.29, 1.82) is 0 Å². The van der Waals surface area contributed by atoms with Crippen LogP contribution in [0.15, 0.2) is 71.5 Å². The van der Waals surface area contributed by atoms with Gasteiger partial charge in [0.2, 0.25) is 5.43 Å². The number of ether oxygens (including phenoxy) is 1. The van der Waals surface area contributed by atoms with E-state index < -0.39 is 10.5 Å². The predicted molar refractivity (Wildman–Crippen MR) is 108 cm³/mol. The number of hydrogen-bond acceptors (Lipinski definition) is 3. The minimum Gasteiger partial charge on any atom is -0.497 e. The number of methoxy groups -OCH3 is 1. The van der Waals surface area contributed by atoms with Crippen LogP contribution in [0.4, 0.5) is 0 Å². The molecule has 0 bridgehead atoms. The van der Waals surface area contributed by atoms with Crippen LogP contribution in [0.3, 0.4) is 0 Å². The highest BCUT2D eigenvalue weighted by Gasteiger charge is 2.23. The highest BCUT2D eigenvalue weighted by molar-refractivity contribution is 7.49. The summed E-state index contributed by atoms with van der Waals surface area (Å²) in [6, 6.07) is 21.1. The lowest BCUT2D eigenvalue weighted by atomic mass is 10.1. The summed E-state index contributed by atoms with van der Waals surface area (Å²) in [5.74, 6) is 0.759. The Balaban J connectivity index is 2.16. The predicted octanol–water partition coefficient (Wildman–Crippen LogP) is 5.30. The first-order valence-corrected chi connectivity index (χ1v) is 9.49. The van der Waals surface area contributed by atoms with Crippen LogP contribution in [-0.2, 0) is 0 Å². The number of fused-ring (bicyclic) bond motifs is 2. The number of Topliss-reactive ketones (excluding diaryl/α,β-unsaturated/α-hetero) is 1. The van der Waals surface area contributed by atoms with Crippen LogP contribution < -0.4 is 10.2 Å². The van der Waals surface area contributed by atoms with E-state index in [1.807, 2.05) is 60.7 Å². The molecule has 1 unspecified atom stereocenters. The third-order valence-corrected chi connectivity index (χ3v) is 6.83. The van der Waals surface area contributed by atoms with Gasteiger partial charge in [0.05, 0.1) is 17.9 Å². The van der Waals surface area contributed by atoms with Gasteiger partial charge in [0, 0.05) is 28.2 Å². The second kappa shape index (κ2) is 6.39. The van der Waals surface area contributed by atoms with Crippen LogP contribution in [0.1, 0.15) is 17.3 Å². The number of benzene rings is 3. The zero-order valence-corrected chi connectivity index (χ0v) is 15.3. The molecule has 128 valence electrons. The van der Waals surface area contributed by atoms with Crippen molar-refractivity contribution < 1.29 is 9.53 Å². The van der Waals surface area contributed by atoms with Gasteiger partial charge in [-0.3, -0.25) is 9.59 Å². The van der Waals surface area contributed by atoms with Crippen LogP contribution in [0.25, 0.3) is 25.1 Å². The van der Waals surface area contributed by atoms with Crippen LogP contribution >= 0.6 is 10.5 Å². The van der Waals surface area contributed by atoms with Gasteiger partial charge in [-0.1, -0.05) is 12.1 Å². The van der Waals surface area contributed by atoms with Gasteiger partial charge >= 0.3 is 0 Å². The first-order valence-electron chi connectivity index (χ1n) is 8.27. The van der Waals surface area contributed by atoms with Crippen molar-refractivity contribution in [2.24, 2.45) is 0 Å². The number of carbonyl (C=O) groups is 1. The maximum absolute atomic E-state index is 13.0. The molecule has 0 fully saturated rings. The number of hydrogen-bond donors (Lipinski definition) is 0. The summed E-state index contributed by atoms with van der Waals surface area (Å²) in [5.41, 5.74) is 0.547. The number of carbonyl (C=O) groups excluding carboxylic acids is 1. The van der Waals surface area contributed by atoms with E-state index in [-0.39, 0.29) is 11.2 Å². The van der Waals surface area contributed by atoms with Gasteiger partial charge in [0.15, 0.2) is 20.1 Å². The lowest BCUT2D eigenvalue weighted by Crippen LogP contribution is -2.04. The van der Waals surface area contributed by atoms with E-state index in [9.17, 15) is 9.59 Å². The maximum Gasteiger partial charge on any atom is 0.204 e. The molecular formula is C22H17O3S+. The Morgan fingerprint density at radius 1 is 0.885 bits per heavy atom. The third kappa shape index (κ3) is 2.59. The average molecular weight is 361 g/mol. The van der Waals surface area contributed by atoms with Gasteiger partial charge in [0.1, 0.15) is 5.75 Å². The molecule has 0 amide bonds. The molecule has 4 aromatic rings. The Hall–Kier alpha value is -2.98. The molecule has 0 N–H and O–H groups in total. The standard InChI is InChI=1S/C22H17O3S/c1-14(23)15-7-12-21-19(13-15)22(24)18-5-3-4-6-20(18)26(21)17-10-8-16(25-2)9-11-17/h3-13H,1-2H3/q+1. The van der Waals surface area contributed by atoms with Crippen molar-refractivity contribution >= 4 is 36.4 Å². The molecule has 26 heavy (non-hydrogen) atoms. The van der Waals surface area contributed by atoms with Gasteiger partial charge in [-0.05, 0) is 49.4 Å². The van der Waals surface area contributed by atoms with Gasteiger partial charge in [-0.15, -0.1) is 0 Å². The summed E-state index contributed by atoms with van der Waals surface area (Å²) in [5, 5.41) is 1.33. The van der Waals surface area contributed by atoms with Crippen LogP contribution in [0, 0.1) is 0 Å². The van der Waals surface area contributed by atoms with Gasteiger partial charge < -0.3 is 4.74 Å². The molecule has 0 aliphatic rings. The topological polar surface area (TPSA) is 43.4 Å². The van der Waals surface area contributed by atoms with Crippen molar-refractivity contribution in [2.45, 2.75) is 6.92 Å². The van der Waals surface area contributed by atoms with Crippen LogP contribution in [-0.4, -0.2) is 12.9 Å². The third-order valence-electron chi connectivity index (χ3n) is 4.50. The van der Waals surface area contributed by atoms with Gasteiger partial charge in [-0.2, -0.15) is 0 Å². The Bertz CT molecular complexity index is 1200. The molecule has 1 atom stereocenters. The summed E-state index contributed by atoms with van der Waals surface area (Å²) >= 11 is 0. The quantitative estimate of drug-likeness (QED) is 0.282. The van der Waals surface area contributed by atoms with Crippen molar-refractivity contribution in [3.63, 3.8) is 0 Å². The van der Waals surface area contributed by atoms with E-state index in [2.05, 4.69) is 0 Å². The molecule has 0 aliphatic carbocycles. The Morgan fingerprint density at radius 2 is 1.58 bits per heavy atom. The fourth-order valence-corrected chi connectivity index (χ4v) is 5.49. The molecular weight excluding hydrogens is 344 g/mol. The van der Waals surface area contributed by atoms with Crippen LogP contribution in [0.5, 0.6) is 5.75 Å². The average Bonchev–Trinajstić information content (AvgIpc) is 2.68. The van der Waals surface area contributed by atoms with E-state index in [1.165, 1.54) is 6.92 Å². The van der Waals surface area contributed by atoms with Crippen molar-refractivity contribution in [2.75, 3.05) is 7.11 Å². The normalized spacial score (nSPS) is 11.7. The Labute approximate surface area is 153 Å². The van der Waals surface area contributed by atoms with E-state index in [4.69, 9.17) is 4.74 Å². The molecule has 0 spiro atoms. The second-order valence-corrected chi connectivity index (χ2v) is 8.04. The smallest absolute Gasteiger partial charge is 0.204 e. The minimum atomic E-state index is -0.398. The second-order valence-electron chi connectivity index (χ2n) is 6.07. The summed E-state index contributed by atoms with van der Waals surface area (Å²) in [6.45, 7) is 1.52.